The third-order valence-electron chi connectivity index (χ3n) is 30.9. The van der Waals surface area contributed by atoms with Crippen molar-refractivity contribution in [2.45, 2.75) is 431 Å². The number of carbonyl (C=O) groups excluding carboxylic acids is 7. The molecule has 28 heteroatoms. The smallest absolute Gasteiger partial charge is 0.410 e. The second-order valence-corrected chi connectivity index (χ2v) is 50.0. The number of hydrogen-bond acceptors (Lipinski definition) is 21. The molecule has 0 saturated carbocycles. The number of rotatable bonds is 9. The Bertz CT molecular complexity index is 3630. The van der Waals surface area contributed by atoms with Gasteiger partial charge < -0.3 is 96.9 Å². The molecule has 14 fully saturated rings. The molecule has 28 nitrogen and oxygen atoms in total. The van der Waals surface area contributed by atoms with Crippen molar-refractivity contribution in [2.75, 3.05) is 177 Å². The van der Waals surface area contributed by atoms with Crippen LogP contribution in [-0.2, 0) is 33.2 Å². The van der Waals surface area contributed by atoms with Crippen molar-refractivity contribution in [1.82, 2.24) is 68.6 Å². The summed E-state index contributed by atoms with van der Waals surface area (Å²) in [6.07, 6.45) is 21.3. The fraction of sp³-hybridized carbons (Fsp3) is 0.933. The minimum absolute atomic E-state index is 0.0168. The van der Waals surface area contributed by atoms with E-state index < -0.39 is 22.4 Å². The molecule has 770 valence electrons. The Morgan fingerprint density at radius 2 is 0.504 bits per heavy atom. The lowest BCUT2D eigenvalue weighted by molar-refractivity contribution is -0.0720. The van der Waals surface area contributed by atoms with E-state index in [9.17, 15) is 33.6 Å². The van der Waals surface area contributed by atoms with Gasteiger partial charge in [-0.05, 0) is 401 Å². The maximum absolute atomic E-state index is 12.5. The average Bonchev–Trinajstić information content (AvgIpc) is 1.63. The number of carbonyl (C=O) groups is 7. The van der Waals surface area contributed by atoms with Crippen LogP contribution in [0.25, 0.3) is 0 Å². The molecule has 2 atom stereocenters. The largest absolute Gasteiger partial charge is 0.450 e. The number of ether oxygens (including phenoxy) is 7. The lowest BCUT2D eigenvalue weighted by atomic mass is 9.72. The van der Waals surface area contributed by atoms with E-state index in [4.69, 9.17) is 33.2 Å². The molecule has 0 radical (unpaired) electrons. The van der Waals surface area contributed by atoms with Gasteiger partial charge in [0.2, 0.25) is 0 Å². The summed E-state index contributed by atoms with van der Waals surface area (Å²) in [4.78, 5) is 115. The Labute approximate surface area is 808 Å². The third kappa shape index (κ3) is 33.1. The summed E-state index contributed by atoms with van der Waals surface area (Å²) in [5.41, 5.74) is 0.0391. The number of hydrogen-bond donors (Lipinski definition) is 0. The Morgan fingerprint density at radius 3 is 0.842 bits per heavy atom. The normalized spacial score (nSPS) is 25.1. The van der Waals surface area contributed by atoms with Crippen LogP contribution in [0.15, 0.2) is 0 Å². The van der Waals surface area contributed by atoms with Gasteiger partial charge in [0.15, 0.2) is 0 Å². The second-order valence-electron chi connectivity index (χ2n) is 50.0. The van der Waals surface area contributed by atoms with Crippen LogP contribution in [0.2, 0.25) is 0 Å². The molecule has 0 aromatic heterocycles. The Balaban J connectivity index is 0.000000191. The highest BCUT2D eigenvalue weighted by atomic mass is 16.6. The predicted molar refractivity (Wildman–Crippen MR) is 533 cm³/mol. The summed E-state index contributed by atoms with van der Waals surface area (Å²) in [6.45, 7) is 93.1. The summed E-state index contributed by atoms with van der Waals surface area (Å²) in [7, 11) is 0. The molecule has 7 amide bonds. The van der Waals surface area contributed by atoms with E-state index in [-0.39, 0.29) is 65.4 Å². The van der Waals surface area contributed by atoms with Gasteiger partial charge >= 0.3 is 42.7 Å². The van der Waals surface area contributed by atoms with E-state index in [1.54, 1.807) is 0 Å². The number of likely N-dealkylation sites (tertiary alicyclic amines) is 14. The van der Waals surface area contributed by atoms with Gasteiger partial charge in [0.25, 0.3) is 0 Å². The molecule has 0 aromatic carbocycles. The molecule has 14 rings (SSSR count). The van der Waals surface area contributed by atoms with E-state index in [0.717, 1.165) is 169 Å². The molecule has 14 aliphatic heterocycles. The van der Waals surface area contributed by atoms with Crippen LogP contribution < -0.4 is 0 Å². The summed E-state index contributed by atoms with van der Waals surface area (Å²) < 4.78 is 37.8. The highest BCUT2D eigenvalue weighted by Crippen LogP contribution is 2.48. The quantitative estimate of drug-likeness (QED) is 0.195. The standard InChI is InChI=1S/3C16H30N2O2.2C15H28N2O2.C14H26N2O2.C13H24N2O2/c1-13(2)18-11-8-16(12-18)6-9-17(10-7-16)14(19)20-15(3,4)5;1-13(2)17-10-8-16(11-17)7-6-9-18(12-16)14(19)20-15(3,4)5;1-13(2)17-11-9-16(12-17)8-6-7-10-18(16)14(19)20-15(3,4)5;1-12(2)16-9-6-15(7-10-16)8-11-17(15)13(18)19-14(3,4)5;1-12(2)16-8-6-15(7-9-16)10-17(11-15)13(18)19-14(3,4)5;1-11(2)15-7-5-14(6-8-15)9-16(10-14)13(17)18-12(3)4;1-4-17-12(16)15-9-13(10-15)5-7-14(8-6-13)11(2)3/h3*13H,6-12H2,1-5H3;2*12H,6-11H2,1-5H3;11-12H,5-10H2,1-4H3;11H,4-10H2,1-3H3. The van der Waals surface area contributed by atoms with Crippen LogP contribution in [0.1, 0.15) is 344 Å². The monoisotopic (exact) mass is 1880 g/mol. The van der Waals surface area contributed by atoms with Crippen molar-refractivity contribution >= 4 is 42.7 Å². The zero-order chi connectivity index (χ0) is 99.2. The molecular weight excluding hydrogens is 1680 g/mol. The first kappa shape index (κ1) is 113. The van der Waals surface area contributed by atoms with Crippen molar-refractivity contribution in [3.8, 4) is 0 Å². The number of amides is 7. The average molecular weight is 1880 g/mol. The van der Waals surface area contributed by atoms with Crippen molar-refractivity contribution in [3.05, 3.63) is 0 Å². The molecule has 7 spiro atoms. The minimum Gasteiger partial charge on any atom is -0.450 e. The van der Waals surface area contributed by atoms with Gasteiger partial charge in [0.05, 0.1) is 23.8 Å². The maximum Gasteiger partial charge on any atom is 0.410 e. The molecule has 0 bridgehead atoms. The highest BCUT2D eigenvalue weighted by Gasteiger charge is 2.55. The zero-order valence-corrected chi connectivity index (χ0v) is 90.6. The lowest BCUT2D eigenvalue weighted by Crippen LogP contribution is -2.66. The molecule has 0 aromatic rings. The van der Waals surface area contributed by atoms with Crippen molar-refractivity contribution in [2.24, 2.45) is 27.1 Å². The molecule has 133 heavy (non-hydrogen) atoms. The maximum atomic E-state index is 12.5. The van der Waals surface area contributed by atoms with Crippen LogP contribution in [0.5, 0.6) is 0 Å². The molecule has 0 N–H and O–H groups in total. The number of piperidine rings is 7. The molecule has 14 heterocycles. The summed E-state index contributed by atoms with van der Waals surface area (Å²) in [5.74, 6) is 0. The van der Waals surface area contributed by atoms with Crippen molar-refractivity contribution in [1.29, 1.82) is 0 Å². The van der Waals surface area contributed by atoms with Crippen LogP contribution in [0, 0.1) is 27.1 Å². The van der Waals surface area contributed by atoms with E-state index in [1.807, 2.05) is 159 Å². The summed E-state index contributed by atoms with van der Waals surface area (Å²) in [6, 6.07) is 4.33. The summed E-state index contributed by atoms with van der Waals surface area (Å²) >= 11 is 0. The van der Waals surface area contributed by atoms with Gasteiger partial charge in [-0.15, -0.1) is 0 Å². The Morgan fingerprint density at radius 1 is 0.233 bits per heavy atom. The van der Waals surface area contributed by atoms with Gasteiger partial charge in [-0.1, -0.05) is 0 Å². The zero-order valence-electron chi connectivity index (χ0n) is 90.6. The van der Waals surface area contributed by atoms with E-state index in [0.29, 0.717) is 76.0 Å². The van der Waals surface area contributed by atoms with Crippen molar-refractivity contribution < 1.29 is 66.7 Å². The van der Waals surface area contributed by atoms with Gasteiger partial charge in [0, 0.05) is 182 Å². The third-order valence-corrected chi connectivity index (χ3v) is 30.9. The van der Waals surface area contributed by atoms with Crippen LogP contribution >= 0.6 is 0 Å². The van der Waals surface area contributed by atoms with E-state index in [1.165, 1.54) is 123 Å². The fourth-order valence-electron chi connectivity index (χ4n) is 22.3. The van der Waals surface area contributed by atoms with Gasteiger partial charge in [-0.3, -0.25) is 4.90 Å². The summed E-state index contributed by atoms with van der Waals surface area (Å²) in [5, 5.41) is 0. The van der Waals surface area contributed by atoms with Crippen LogP contribution in [-0.4, -0.2) is 376 Å². The fourth-order valence-corrected chi connectivity index (χ4v) is 22.3. The van der Waals surface area contributed by atoms with Gasteiger partial charge in [-0.2, -0.15) is 0 Å². The molecule has 0 aliphatic carbocycles. The number of nitrogens with zero attached hydrogens (tertiary/aromatic N) is 14. The molecule has 14 saturated heterocycles. The SMILES string of the molecule is CC(C)N1CCC2(CC1)CCN2C(=O)OC(C)(C)C.CC(C)N1CCC2(CC1)CN(C(=O)OC(C)(C)C)C2.CC(C)N1CCC2(CCCCN2C(=O)OC(C)(C)C)C1.CC(C)N1CCC2(CCCN(C(=O)OC(C)(C)C)C2)C1.CC(C)N1CCC2(CCN(C(=O)OC(C)(C)C)CC2)C1.CC(C)OC(=O)N1CC2(CCN(C(C)C)CC2)C1.CCOC(=O)N1CC2(CCN(C(C)C)CC2)C1. The van der Waals surface area contributed by atoms with Gasteiger partial charge in [-0.25, -0.2) is 33.6 Å². The topological polar surface area (TPSA) is 229 Å². The highest BCUT2D eigenvalue weighted by molar-refractivity contribution is 5.72. The van der Waals surface area contributed by atoms with E-state index >= 15 is 0 Å². The molecule has 2 unspecified atom stereocenters. The van der Waals surface area contributed by atoms with Gasteiger partial charge in [0.1, 0.15) is 28.0 Å². The Hall–Kier alpha value is -5.39. The first-order valence-electron chi connectivity index (χ1n) is 52.6. The van der Waals surface area contributed by atoms with Crippen LogP contribution in [0.4, 0.5) is 33.6 Å². The molecular formula is C105H196N14O14. The first-order valence-corrected chi connectivity index (χ1v) is 52.6. The van der Waals surface area contributed by atoms with Crippen LogP contribution in [0.3, 0.4) is 0 Å². The molecule has 14 aliphatic rings. The Kier molecular flexibility index (Phi) is 39.7. The second kappa shape index (κ2) is 46.8. The first-order chi connectivity index (χ1) is 61.6. The van der Waals surface area contributed by atoms with E-state index in [2.05, 4.69) is 131 Å². The lowest BCUT2D eigenvalue weighted by Gasteiger charge is -2.56. The van der Waals surface area contributed by atoms with Crippen molar-refractivity contribution in [3.63, 3.8) is 0 Å². The minimum atomic E-state index is -0.411. The predicted octanol–water partition coefficient (Wildman–Crippen LogP) is 19.4.